The molecule has 0 aliphatic rings. The zero-order valence-corrected chi connectivity index (χ0v) is 18.0. The zero-order valence-electron chi connectivity index (χ0n) is 17.2. The molecule has 3 heterocycles. The molecule has 1 aromatic carbocycles. The van der Waals surface area contributed by atoms with E-state index in [2.05, 4.69) is 4.98 Å². The number of hydrogen-bond donors (Lipinski definition) is 1. The van der Waals surface area contributed by atoms with Crippen LogP contribution in [0.4, 0.5) is 0 Å². The first-order valence-corrected chi connectivity index (χ1v) is 11.2. The highest BCUT2D eigenvalue weighted by molar-refractivity contribution is 7.91. The highest BCUT2D eigenvalue weighted by Crippen LogP contribution is 2.21. The molecule has 4 rings (SSSR count). The van der Waals surface area contributed by atoms with E-state index in [0.29, 0.717) is 18.7 Å². The Kier molecular flexibility index (Phi) is 5.47. The first-order valence-electron chi connectivity index (χ1n) is 9.75. The predicted octanol–water partition coefficient (Wildman–Crippen LogP) is 2.31. The first-order chi connectivity index (χ1) is 14.9. The minimum atomic E-state index is -4.01. The van der Waals surface area contributed by atoms with Gasteiger partial charge in [0.05, 0.1) is 10.3 Å². The lowest BCUT2D eigenvalue weighted by Crippen LogP contribution is -2.30. The minimum Gasteiger partial charge on any atom is -0.385 e. The van der Waals surface area contributed by atoms with E-state index in [4.69, 9.17) is 10.1 Å². The lowest BCUT2D eigenvalue weighted by atomic mass is 10.2. The minimum absolute atomic E-state index is 0.0657. The van der Waals surface area contributed by atoms with E-state index < -0.39 is 9.84 Å². The molecule has 160 valence electrons. The fourth-order valence-electron chi connectivity index (χ4n) is 3.59. The van der Waals surface area contributed by atoms with Gasteiger partial charge in [0.15, 0.2) is 0 Å². The molecule has 0 bridgehead atoms. The predicted molar refractivity (Wildman–Crippen MR) is 116 cm³/mol. The largest absolute Gasteiger partial charge is 0.385 e. The van der Waals surface area contributed by atoms with Gasteiger partial charge in [-0.25, -0.2) is 13.4 Å². The van der Waals surface area contributed by atoms with Crippen LogP contribution in [0.2, 0.25) is 0 Å². The van der Waals surface area contributed by atoms with Gasteiger partial charge in [0.2, 0.25) is 9.84 Å². The van der Waals surface area contributed by atoms with E-state index in [9.17, 15) is 13.2 Å². The Bertz CT molecular complexity index is 1510. The highest BCUT2D eigenvalue weighted by atomic mass is 32.2. The van der Waals surface area contributed by atoms with Crippen LogP contribution in [0, 0.1) is 12.3 Å². The number of nitrogens with one attached hydrogen (secondary N) is 1. The molecule has 0 spiro atoms. The molecular weight excluding hydrogens is 416 g/mol. The van der Waals surface area contributed by atoms with Gasteiger partial charge < -0.3 is 9.30 Å². The quantitative estimate of drug-likeness (QED) is 0.367. The van der Waals surface area contributed by atoms with E-state index in [-0.39, 0.29) is 38.4 Å². The molecule has 31 heavy (non-hydrogen) atoms. The standard InChI is InChI=1S/C22H22N4O4S/c1-15-8-6-11-26-20(15)24-21-17(22(26)27)14-18(19(23)25(21)12-7-13-30-2)31(28,29)16-9-4-3-5-10-16/h3-6,8-11,14,23H,7,12-13H2,1-2H3. The van der Waals surface area contributed by atoms with Crippen molar-refractivity contribution in [3.63, 3.8) is 0 Å². The molecule has 0 atom stereocenters. The molecular formula is C22H22N4O4S. The molecule has 0 aliphatic heterocycles. The zero-order chi connectivity index (χ0) is 22.2. The van der Waals surface area contributed by atoms with Crippen molar-refractivity contribution in [1.82, 2.24) is 14.0 Å². The summed E-state index contributed by atoms with van der Waals surface area (Å²) in [4.78, 5) is 17.8. The van der Waals surface area contributed by atoms with Gasteiger partial charge in [-0.15, -0.1) is 0 Å². The monoisotopic (exact) mass is 438 g/mol. The van der Waals surface area contributed by atoms with Gasteiger partial charge in [-0.3, -0.25) is 14.6 Å². The van der Waals surface area contributed by atoms with E-state index in [1.807, 2.05) is 13.0 Å². The molecule has 0 amide bonds. The summed E-state index contributed by atoms with van der Waals surface area (Å²) in [5.74, 6) is 0. The topological polar surface area (TPSA) is 107 Å². The number of rotatable bonds is 6. The van der Waals surface area contributed by atoms with Crippen molar-refractivity contribution in [3.8, 4) is 0 Å². The van der Waals surface area contributed by atoms with Crippen molar-refractivity contribution in [2.45, 2.75) is 29.7 Å². The van der Waals surface area contributed by atoms with Crippen LogP contribution in [0.3, 0.4) is 0 Å². The molecule has 4 aromatic rings. The van der Waals surface area contributed by atoms with Gasteiger partial charge in [-0.1, -0.05) is 24.3 Å². The molecule has 9 heteroatoms. The second kappa shape index (κ2) is 8.09. The molecule has 0 saturated heterocycles. The van der Waals surface area contributed by atoms with E-state index in [1.54, 1.807) is 37.6 Å². The highest BCUT2D eigenvalue weighted by Gasteiger charge is 2.24. The average molecular weight is 439 g/mol. The summed E-state index contributed by atoms with van der Waals surface area (Å²) < 4.78 is 34.6. The van der Waals surface area contributed by atoms with Crippen LogP contribution in [0.5, 0.6) is 0 Å². The third kappa shape index (κ3) is 3.55. The van der Waals surface area contributed by atoms with Crippen LogP contribution in [-0.2, 0) is 21.1 Å². The molecule has 0 radical (unpaired) electrons. The van der Waals surface area contributed by atoms with Crippen LogP contribution >= 0.6 is 0 Å². The van der Waals surface area contributed by atoms with Gasteiger partial charge in [-0.05, 0) is 43.2 Å². The molecule has 1 N–H and O–H groups in total. The number of pyridine rings is 2. The molecule has 8 nitrogen and oxygen atoms in total. The number of hydrogen-bond acceptors (Lipinski definition) is 6. The maximum absolute atomic E-state index is 13.3. The molecule has 0 unspecified atom stereocenters. The second-order valence-corrected chi connectivity index (χ2v) is 9.13. The lowest BCUT2D eigenvalue weighted by Gasteiger charge is -2.15. The summed E-state index contributed by atoms with van der Waals surface area (Å²) >= 11 is 0. The van der Waals surface area contributed by atoms with Gasteiger partial charge in [-0.2, -0.15) is 0 Å². The van der Waals surface area contributed by atoms with Crippen molar-refractivity contribution in [2.75, 3.05) is 13.7 Å². The number of sulfone groups is 1. The van der Waals surface area contributed by atoms with Crippen molar-refractivity contribution >= 4 is 26.5 Å². The van der Waals surface area contributed by atoms with E-state index in [0.717, 1.165) is 5.56 Å². The maximum atomic E-state index is 13.3. The Balaban J connectivity index is 2.11. The van der Waals surface area contributed by atoms with Crippen molar-refractivity contribution in [2.24, 2.45) is 0 Å². The van der Waals surface area contributed by atoms with Gasteiger partial charge in [0.1, 0.15) is 21.7 Å². The van der Waals surface area contributed by atoms with Gasteiger partial charge >= 0.3 is 0 Å². The smallest absolute Gasteiger partial charge is 0.267 e. The molecule has 0 aliphatic carbocycles. The molecule has 0 fully saturated rings. The van der Waals surface area contributed by atoms with Crippen LogP contribution < -0.4 is 11.0 Å². The number of ether oxygens (including phenoxy) is 1. The normalized spacial score (nSPS) is 11.9. The van der Waals surface area contributed by atoms with Crippen molar-refractivity contribution in [3.05, 3.63) is 76.1 Å². The number of methoxy groups -OCH3 is 1. The summed E-state index contributed by atoms with van der Waals surface area (Å²) in [5, 5.41) is 8.84. The van der Waals surface area contributed by atoms with Crippen LogP contribution in [0.25, 0.3) is 16.7 Å². The summed E-state index contributed by atoms with van der Waals surface area (Å²) in [6.07, 6.45) is 2.14. The fourth-order valence-corrected chi connectivity index (χ4v) is 4.99. The van der Waals surface area contributed by atoms with E-state index >= 15 is 0 Å². The Labute approximate surface area is 178 Å². The Morgan fingerprint density at radius 3 is 2.55 bits per heavy atom. The lowest BCUT2D eigenvalue weighted by molar-refractivity contribution is 0.190. The van der Waals surface area contributed by atoms with Crippen molar-refractivity contribution < 1.29 is 13.2 Å². The number of benzene rings is 1. The van der Waals surface area contributed by atoms with Crippen molar-refractivity contribution in [1.29, 1.82) is 5.41 Å². The Hall–Kier alpha value is -3.30. The second-order valence-electron chi connectivity index (χ2n) is 7.21. The Morgan fingerprint density at radius 2 is 1.84 bits per heavy atom. The van der Waals surface area contributed by atoms with Crippen LogP contribution in [0.1, 0.15) is 12.0 Å². The third-order valence-electron chi connectivity index (χ3n) is 5.17. The third-order valence-corrected chi connectivity index (χ3v) is 6.95. The molecule has 0 saturated carbocycles. The average Bonchev–Trinajstić information content (AvgIpc) is 2.76. The SMILES string of the molecule is COCCCn1c(=N)c(S(=O)(=O)c2ccccc2)cc2c(=O)n3cccc(C)c3nc21. The summed E-state index contributed by atoms with van der Waals surface area (Å²) in [5.41, 5.74) is 0.967. The van der Waals surface area contributed by atoms with Gasteiger partial charge in [0, 0.05) is 26.5 Å². The van der Waals surface area contributed by atoms with Gasteiger partial charge in [0.25, 0.3) is 5.56 Å². The maximum Gasteiger partial charge on any atom is 0.267 e. The summed E-state index contributed by atoms with van der Waals surface area (Å²) in [6, 6.07) is 12.8. The number of nitrogens with zero attached hydrogens (tertiary/aromatic N) is 3. The number of fused-ring (bicyclic) bond motifs is 2. The summed E-state index contributed by atoms with van der Waals surface area (Å²) in [6.45, 7) is 2.56. The summed E-state index contributed by atoms with van der Waals surface area (Å²) in [7, 11) is -2.44. The Morgan fingerprint density at radius 1 is 1.10 bits per heavy atom. The van der Waals surface area contributed by atoms with Crippen LogP contribution in [0.15, 0.2) is 69.3 Å². The van der Waals surface area contributed by atoms with Crippen LogP contribution in [-0.4, -0.2) is 36.1 Å². The fraction of sp³-hybridized carbons (Fsp3) is 0.227. The number of aryl methyl sites for hydroxylation is 2. The first kappa shape index (κ1) is 21.0. The number of aromatic nitrogens is 3. The molecule has 3 aromatic heterocycles. The van der Waals surface area contributed by atoms with E-state index in [1.165, 1.54) is 27.2 Å².